The molecule has 1 heterocycles. The van der Waals surface area contributed by atoms with Gasteiger partial charge >= 0.3 is 11.9 Å². The molecule has 12 heavy (non-hydrogen) atoms. The van der Waals surface area contributed by atoms with Crippen LogP contribution in [0.2, 0.25) is 0 Å². The van der Waals surface area contributed by atoms with Gasteiger partial charge in [0.25, 0.3) is 0 Å². The van der Waals surface area contributed by atoms with E-state index in [1.54, 1.807) is 0 Å². The van der Waals surface area contributed by atoms with Gasteiger partial charge in [-0.3, -0.25) is 9.59 Å². The molecule has 68 valence electrons. The highest BCUT2D eigenvalue weighted by Crippen LogP contribution is 2.11. The summed E-state index contributed by atoms with van der Waals surface area (Å²) in [5.41, 5.74) is 0. The molecule has 2 atom stereocenters. The van der Waals surface area contributed by atoms with Crippen LogP contribution >= 0.6 is 0 Å². The van der Waals surface area contributed by atoms with E-state index in [2.05, 4.69) is 5.32 Å². The summed E-state index contributed by atoms with van der Waals surface area (Å²) in [4.78, 5) is 21.1. The summed E-state index contributed by atoms with van der Waals surface area (Å²) in [6.07, 6.45) is 0.0521. The Morgan fingerprint density at radius 1 is 1.58 bits per heavy atom. The molecule has 1 saturated heterocycles. The van der Waals surface area contributed by atoms with Crippen LogP contribution in [0.15, 0.2) is 0 Å². The van der Waals surface area contributed by atoms with Gasteiger partial charge in [0.1, 0.15) is 12.1 Å². The van der Waals surface area contributed by atoms with E-state index in [9.17, 15) is 9.59 Å². The Hall–Kier alpha value is -1.10. The number of hydrogen-bond acceptors (Lipinski definition) is 4. The molecule has 0 unspecified atom stereocenters. The normalized spacial score (nSPS) is 28.4. The van der Waals surface area contributed by atoms with Crippen molar-refractivity contribution in [2.24, 2.45) is 0 Å². The molecule has 0 spiro atoms. The summed E-state index contributed by atoms with van der Waals surface area (Å²) < 4.78 is 4.80. The molecule has 0 aromatic rings. The Labute approximate surface area is 69.7 Å². The first-order chi connectivity index (χ1) is 5.61. The highest BCUT2D eigenvalue weighted by Gasteiger charge is 2.34. The number of carbonyl (C=O) groups excluding carboxylic acids is 1. The molecule has 0 aromatic carbocycles. The first-order valence-electron chi connectivity index (χ1n) is 3.74. The molecule has 0 saturated carbocycles. The molecular formula is C7H11NO4. The van der Waals surface area contributed by atoms with Crippen LogP contribution in [0.5, 0.6) is 0 Å². The van der Waals surface area contributed by atoms with Gasteiger partial charge in [0.05, 0.1) is 0 Å². The van der Waals surface area contributed by atoms with Crippen LogP contribution in [-0.4, -0.2) is 35.7 Å². The Morgan fingerprint density at radius 3 is 2.75 bits per heavy atom. The van der Waals surface area contributed by atoms with Crippen molar-refractivity contribution in [1.29, 1.82) is 0 Å². The van der Waals surface area contributed by atoms with Gasteiger partial charge in [-0.15, -0.1) is 0 Å². The van der Waals surface area contributed by atoms with Crippen molar-refractivity contribution in [2.45, 2.75) is 25.5 Å². The summed E-state index contributed by atoms with van der Waals surface area (Å²) in [7, 11) is 0. The molecule has 2 N–H and O–H groups in total. The zero-order chi connectivity index (χ0) is 9.14. The Balaban J connectivity index is 2.52. The first kappa shape index (κ1) is 8.99. The van der Waals surface area contributed by atoms with Gasteiger partial charge in [0.15, 0.2) is 0 Å². The summed E-state index contributed by atoms with van der Waals surface area (Å²) >= 11 is 0. The minimum absolute atomic E-state index is 0.435. The van der Waals surface area contributed by atoms with Gasteiger partial charge in [-0.25, -0.2) is 0 Å². The zero-order valence-electron chi connectivity index (χ0n) is 6.74. The maximum Gasteiger partial charge on any atom is 0.324 e. The van der Waals surface area contributed by atoms with Crippen molar-refractivity contribution < 1.29 is 19.4 Å². The molecule has 0 aromatic heterocycles. The number of ether oxygens (including phenoxy) is 1. The van der Waals surface area contributed by atoms with Crippen LogP contribution in [-0.2, 0) is 14.3 Å². The first-order valence-corrected chi connectivity index (χ1v) is 3.74. The molecule has 0 bridgehead atoms. The number of rotatable bonds is 2. The highest BCUT2D eigenvalue weighted by molar-refractivity contribution is 5.75. The number of hydrogen-bond donors (Lipinski definition) is 2. The second-order valence-corrected chi connectivity index (χ2v) is 2.71. The van der Waals surface area contributed by atoms with E-state index in [0.29, 0.717) is 13.0 Å². The van der Waals surface area contributed by atoms with E-state index in [1.807, 2.05) is 0 Å². The largest absolute Gasteiger partial charge is 0.480 e. The summed E-state index contributed by atoms with van der Waals surface area (Å²) in [6.45, 7) is 1.85. The van der Waals surface area contributed by atoms with Crippen LogP contribution < -0.4 is 5.32 Å². The number of carboxylic acid groups (broad SMARTS) is 1. The van der Waals surface area contributed by atoms with Crippen LogP contribution in [0, 0.1) is 0 Å². The van der Waals surface area contributed by atoms with Crippen molar-refractivity contribution in [3.63, 3.8) is 0 Å². The minimum atomic E-state index is -0.973. The highest BCUT2D eigenvalue weighted by atomic mass is 16.5. The van der Waals surface area contributed by atoms with Crippen molar-refractivity contribution in [3.05, 3.63) is 0 Å². The molecule has 0 radical (unpaired) electrons. The fraction of sp³-hybridized carbons (Fsp3) is 0.714. The monoisotopic (exact) mass is 173 g/mol. The lowest BCUT2D eigenvalue weighted by Crippen LogP contribution is -2.40. The minimum Gasteiger partial charge on any atom is -0.480 e. The maximum absolute atomic E-state index is 10.5. The van der Waals surface area contributed by atoms with E-state index in [4.69, 9.17) is 9.84 Å². The van der Waals surface area contributed by atoms with Crippen molar-refractivity contribution in [2.75, 3.05) is 6.54 Å². The van der Waals surface area contributed by atoms with Gasteiger partial charge in [-0.2, -0.15) is 0 Å². The average Bonchev–Trinajstić information content (AvgIpc) is 2.33. The molecule has 1 rings (SSSR count). The fourth-order valence-corrected chi connectivity index (χ4v) is 1.27. The SMILES string of the molecule is CC(=O)O[C@H]1CCN[C@@H]1C(=O)O. The Bertz CT molecular complexity index is 204. The predicted octanol–water partition coefficient (Wildman–Crippen LogP) is -0.635. The third kappa shape index (κ3) is 1.94. The molecule has 1 aliphatic heterocycles. The number of esters is 1. The van der Waals surface area contributed by atoms with Gasteiger partial charge in [-0.05, 0) is 13.0 Å². The smallest absolute Gasteiger partial charge is 0.324 e. The summed E-state index contributed by atoms with van der Waals surface area (Å²) in [5, 5.41) is 11.4. The number of nitrogens with one attached hydrogen (secondary N) is 1. The predicted molar refractivity (Wildman–Crippen MR) is 39.6 cm³/mol. The van der Waals surface area contributed by atoms with E-state index < -0.39 is 24.1 Å². The third-order valence-electron chi connectivity index (χ3n) is 1.75. The van der Waals surface area contributed by atoms with E-state index in [1.165, 1.54) is 6.92 Å². The number of carboxylic acids is 1. The van der Waals surface area contributed by atoms with Crippen LogP contribution in [0.25, 0.3) is 0 Å². The molecule has 5 heteroatoms. The third-order valence-corrected chi connectivity index (χ3v) is 1.75. The molecule has 0 aliphatic carbocycles. The summed E-state index contributed by atoms with van der Waals surface area (Å²) in [6, 6.07) is -0.742. The summed E-state index contributed by atoms with van der Waals surface area (Å²) in [5.74, 6) is -1.41. The standard InChI is InChI=1S/C7H11NO4/c1-4(9)12-5-2-3-8-6(5)7(10)11/h5-6,8H,2-3H2,1H3,(H,10,11)/t5-,6-/m0/s1. The van der Waals surface area contributed by atoms with E-state index >= 15 is 0 Å². The van der Waals surface area contributed by atoms with Crippen LogP contribution in [0.1, 0.15) is 13.3 Å². The molecule has 1 aliphatic rings. The van der Waals surface area contributed by atoms with Crippen molar-refractivity contribution in [3.8, 4) is 0 Å². The van der Waals surface area contributed by atoms with Crippen molar-refractivity contribution in [1.82, 2.24) is 5.32 Å². The zero-order valence-corrected chi connectivity index (χ0v) is 6.74. The number of carbonyl (C=O) groups is 2. The molecule has 5 nitrogen and oxygen atoms in total. The molecular weight excluding hydrogens is 162 g/mol. The lowest BCUT2D eigenvalue weighted by atomic mass is 10.2. The van der Waals surface area contributed by atoms with E-state index in [0.717, 1.165) is 0 Å². The van der Waals surface area contributed by atoms with Gasteiger partial charge in [-0.1, -0.05) is 0 Å². The van der Waals surface area contributed by atoms with E-state index in [-0.39, 0.29) is 0 Å². The quantitative estimate of drug-likeness (QED) is 0.543. The lowest BCUT2D eigenvalue weighted by molar-refractivity contribution is -0.151. The van der Waals surface area contributed by atoms with Gasteiger partial charge < -0.3 is 15.2 Å². The molecule has 1 fully saturated rings. The topological polar surface area (TPSA) is 75.6 Å². The van der Waals surface area contributed by atoms with Gasteiger partial charge in [0.2, 0.25) is 0 Å². The van der Waals surface area contributed by atoms with Gasteiger partial charge in [0, 0.05) is 6.92 Å². The average molecular weight is 173 g/mol. The Morgan fingerprint density at radius 2 is 2.25 bits per heavy atom. The maximum atomic E-state index is 10.5. The Kier molecular flexibility index (Phi) is 2.65. The van der Waals surface area contributed by atoms with Crippen LogP contribution in [0.3, 0.4) is 0 Å². The fourth-order valence-electron chi connectivity index (χ4n) is 1.27. The van der Waals surface area contributed by atoms with Crippen molar-refractivity contribution >= 4 is 11.9 Å². The van der Waals surface area contributed by atoms with Crippen LogP contribution in [0.4, 0.5) is 0 Å². The second kappa shape index (κ2) is 3.53. The molecule has 0 amide bonds. The second-order valence-electron chi connectivity index (χ2n) is 2.71. The number of aliphatic carboxylic acids is 1. The lowest BCUT2D eigenvalue weighted by Gasteiger charge is -2.14.